The van der Waals surface area contributed by atoms with Gasteiger partial charge in [-0.15, -0.1) is 0 Å². The molecule has 0 fully saturated rings. The summed E-state index contributed by atoms with van der Waals surface area (Å²) in [5.41, 5.74) is 1.82. The van der Waals surface area contributed by atoms with E-state index in [1.807, 2.05) is 19.9 Å². The van der Waals surface area contributed by atoms with E-state index in [0.717, 1.165) is 12.0 Å². The fourth-order valence-electron chi connectivity index (χ4n) is 2.37. The number of amides is 3. The van der Waals surface area contributed by atoms with Gasteiger partial charge in [-0.25, -0.2) is 0 Å². The number of benzene rings is 2. The van der Waals surface area contributed by atoms with Crippen LogP contribution in [0.4, 0.5) is 5.69 Å². The molecule has 3 amide bonds. The van der Waals surface area contributed by atoms with Gasteiger partial charge in [0, 0.05) is 23.7 Å². The van der Waals surface area contributed by atoms with E-state index in [4.69, 9.17) is 23.2 Å². The smallest absolute Gasteiger partial charge is 0.251 e. The second-order valence-corrected chi connectivity index (χ2v) is 7.40. The van der Waals surface area contributed by atoms with Gasteiger partial charge in [0.25, 0.3) is 5.91 Å². The van der Waals surface area contributed by atoms with Crippen molar-refractivity contribution in [1.82, 2.24) is 10.6 Å². The topological polar surface area (TPSA) is 87.3 Å². The molecule has 154 valence electrons. The molecule has 0 bridgehead atoms. The molecular weight excluding hydrogens is 413 g/mol. The molecule has 29 heavy (non-hydrogen) atoms. The number of carbonyl (C=O) groups is 3. The Morgan fingerprint density at radius 2 is 1.76 bits per heavy atom. The molecule has 0 heterocycles. The maximum atomic E-state index is 12.1. The summed E-state index contributed by atoms with van der Waals surface area (Å²) in [5, 5.41) is 8.73. The molecule has 0 aliphatic rings. The van der Waals surface area contributed by atoms with Crippen LogP contribution in [0, 0.1) is 5.92 Å². The molecule has 0 aliphatic heterocycles. The maximum absolute atomic E-state index is 12.1. The molecule has 0 radical (unpaired) electrons. The van der Waals surface area contributed by atoms with Gasteiger partial charge in [0.1, 0.15) is 0 Å². The first-order valence-corrected chi connectivity index (χ1v) is 9.95. The van der Waals surface area contributed by atoms with Crippen molar-refractivity contribution < 1.29 is 14.4 Å². The Hall–Kier alpha value is -2.57. The summed E-state index contributed by atoms with van der Waals surface area (Å²) in [7, 11) is 0. The Morgan fingerprint density at radius 3 is 2.45 bits per heavy atom. The minimum atomic E-state index is -0.423. The van der Waals surface area contributed by atoms with Gasteiger partial charge in [0.2, 0.25) is 11.8 Å². The van der Waals surface area contributed by atoms with E-state index in [2.05, 4.69) is 16.0 Å². The standard InChI is InChI=1S/C21H23Cl2N3O3/c1-3-13(2)20(28)26-16-6-4-5-14(9-16)11-24-19(27)12-25-21(29)15-7-8-17(22)18(23)10-15/h4-10,13H,3,11-12H2,1-2H3,(H,24,27)(H,25,29)(H,26,28). The Balaban J connectivity index is 1.83. The van der Waals surface area contributed by atoms with Gasteiger partial charge >= 0.3 is 0 Å². The molecule has 0 saturated heterocycles. The molecule has 1 atom stereocenters. The molecule has 1 unspecified atom stereocenters. The molecule has 3 N–H and O–H groups in total. The average Bonchev–Trinajstić information content (AvgIpc) is 2.72. The Morgan fingerprint density at radius 1 is 1.00 bits per heavy atom. The number of rotatable bonds is 8. The van der Waals surface area contributed by atoms with Crippen molar-refractivity contribution in [2.24, 2.45) is 5.92 Å². The second-order valence-electron chi connectivity index (χ2n) is 6.59. The van der Waals surface area contributed by atoms with Crippen LogP contribution in [0.15, 0.2) is 42.5 Å². The highest BCUT2D eigenvalue weighted by Crippen LogP contribution is 2.22. The summed E-state index contributed by atoms with van der Waals surface area (Å²) in [6.07, 6.45) is 0.759. The highest BCUT2D eigenvalue weighted by Gasteiger charge is 2.12. The first kappa shape index (κ1) is 22.7. The average molecular weight is 436 g/mol. The summed E-state index contributed by atoms with van der Waals surface area (Å²) in [4.78, 5) is 36.1. The van der Waals surface area contributed by atoms with E-state index >= 15 is 0 Å². The molecule has 0 spiro atoms. The zero-order chi connectivity index (χ0) is 21.4. The summed E-state index contributed by atoms with van der Waals surface area (Å²) in [5.74, 6) is -0.878. The molecule has 8 heteroatoms. The normalized spacial score (nSPS) is 11.4. The fourth-order valence-corrected chi connectivity index (χ4v) is 2.67. The number of carbonyl (C=O) groups excluding carboxylic acids is 3. The van der Waals surface area contributed by atoms with E-state index in [1.54, 1.807) is 18.2 Å². The van der Waals surface area contributed by atoms with E-state index in [1.165, 1.54) is 18.2 Å². The van der Waals surface area contributed by atoms with Crippen LogP contribution in [0.5, 0.6) is 0 Å². The van der Waals surface area contributed by atoms with Crippen LogP contribution >= 0.6 is 23.2 Å². The number of anilines is 1. The molecule has 0 saturated carbocycles. The van der Waals surface area contributed by atoms with Crippen molar-refractivity contribution in [1.29, 1.82) is 0 Å². The van der Waals surface area contributed by atoms with Gasteiger partial charge in [-0.1, -0.05) is 49.2 Å². The monoisotopic (exact) mass is 435 g/mol. The summed E-state index contributed by atoms with van der Waals surface area (Å²) in [6, 6.07) is 11.7. The third kappa shape index (κ3) is 7.07. The quantitative estimate of drug-likeness (QED) is 0.584. The molecule has 2 aromatic rings. The van der Waals surface area contributed by atoms with Crippen molar-refractivity contribution in [2.75, 3.05) is 11.9 Å². The SMILES string of the molecule is CCC(C)C(=O)Nc1cccc(CNC(=O)CNC(=O)c2ccc(Cl)c(Cl)c2)c1. The zero-order valence-corrected chi connectivity index (χ0v) is 17.7. The first-order chi connectivity index (χ1) is 13.8. The van der Waals surface area contributed by atoms with Crippen LogP contribution in [0.2, 0.25) is 10.0 Å². The predicted octanol–water partition coefficient (Wildman–Crippen LogP) is 4.02. The molecule has 0 aliphatic carbocycles. The summed E-state index contributed by atoms with van der Waals surface area (Å²) in [6.45, 7) is 3.92. The molecule has 2 aromatic carbocycles. The van der Waals surface area contributed by atoms with Gasteiger partial charge in [0.05, 0.1) is 16.6 Å². The minimum Gasteiger partial charge on any atom is -0.350 e. The van der Waals surface area contributed by atoms with Gasteiger partial charge < -0.3 is 16.0 Å². The number of hydrogen-bond donors (Lipinski definition) is 3. The highest BCUT2D eigenvalue weighted by molar-refractivity contribution is 6.42. The van der Waals surface area contributed by atoms with Crippen molar-refractivity contribution in [3.63, 3.8) is 0 Å². The lowest BCUT2D eigenvalue weighted by Gasteiger charge is -2.12. The Labute approximate surface area is 180 Å². The molecule has 0 aromatic heterocycles. The van der Waals surface area contributed by atoms with E-state index in [9.17, 15) is 14.4 Å². The van der Waals surface area contributed by atoms with E-state index in [-0.39, 0.29) is 35.8 Å². The van der Waals surface area contributed by atoms with Crippen LogP contribution in [-0.4, -0.2) is 24.3 Å². The van der Waals surface area contributed by atoms with Gasteiger partial charge in [-0.2, -0.15) is 0 Å². The third-order valence-corrected chi connectivity index (χ3v) is 5.07. The fraction of sp³-hybridized carbons (Fsp3) is 0.286. The van der Waals surface area contributed by atoms with Crippen molar-refractivity contribution in [2.45, 2.75) is 26.8 Å². The van der Waals surface area contributed by atoms with Crippen molar-refractivity contribution in [3.05, 3.63) is 63.6 Å². The summed E-state index contributed by atoms with van der Waals surface area (Å²) < 4.78 is 0. The van der Waals surface area contributed by atoms with Crippen LogP contribution < -0.4 is 16.0 Å². The van der Waals surface area contributed by atoms with Gasteiger partial charge in [-0.3, -0.25) is 14.4 Å². The third-order valence-electron chi connectivity index (χ3n) is 4.34. The molecule has 2 rings (SSSR count). The van der Waals surface area contributed by atoms with Crippen LogP contribution in [-0.2, 0) is 16.1 Å². The minimum absolute atomic E-state index is 0.0429. The Bertz CT molecular complexity index is 902. The predicted molar refractivity (Wildman–Crippen MR) is 115 cm³/mol. The van der Waals surface area contributed by atoms with Crippen LogP contribution in [0.1, 0.15) is 36.2 Å². The number of halogens is 2. The van der Waals surface area contributed by atoms with Crippen molar-refractivity contribution >= 4 is 46.6 Å². The van der Waals surface area contributed by atoms with E-state index in [0.29, 0.717) is 16.3 Å². The van der Waals surface area contributed by atoms with Crippen LogP contribution in [0.25, 0.3) is 0 Å². The van der Waals surface area contributed by atoms with E-state index < -0.39 is 5.91 Å². The molecular formula is C21H23Cl2N3O3. The largest absolute Gasteiger partial charge is 0.350 e. The zero-order valence-electron chi connectivity index (χ0n) is 16.2. The van der Waals surface area contributed by atoms with Gasteiger partial charge in [0.15, 0.2) is 0 Å². The lowest BCUT2D eigenvalue weighted by atomic mass is 10.1. The second kappa shape index (κ2) is 10.8. The Kier molecular flexibility index (Phi) is 8.49. The number of hydrogen-bond acceptors (Lipinski definition) is 3. The van der Waals surface area contributed by atoms with Crippen molar-refractivity contribution in [3.8, 4) is 0 Å². The van der Waals surface area contributed by atoms with Crippen LogP contribution in [0.3, 0.4) is 0 Å². The molecule has 6 nitrogen and oxygen atoms in total. The lowest BCUT2D eigenvalue weighted by molar-refractivity contribution is -0.120. The maximum Gasteiger partial charge on any atom is 0.251 e. The lowest BCUT2D eigenvalue weighted by Crippen LogP contribution is -2.36. The summed E-state index contributed by atoms with van der Waals surface area (Å²) >= 11 is 11.7. The van der Waals surface area contributed by atoms with Gasteiger partial charge in [-0.05, 0) is 42.3 Å². The first-order valence-electron chi connectivity index (χ1n) is 9.20. The number of nitrogens with one attached hydrogen (secondary N) is 3. The highest BCUT2D eigenvalue weighted by atomic mass is 35.5.